The molecule has 0 radical (unpaired) electrons. The van der Waals surface area contributed by atoms with Crippen molar-refractivity contribution in [3.05, 3.63) is 45.9 Å². The Bertz CT molecular complexity index is 464. The van der Waals surface area contributed by atoms with Crippen molar-refractivity contribution in [1.29, 1.82) is 0 Å². The van der Waals surface area contributed by atoms with Crippen LogP contribution in [-0.2, 0) is 0 Å². The molecule has 1 heterocycles. The van der Waals surface area contributed by atoms with Gasteiger partial charge >= 0.3 is 0 Å². The maximum atomic E-state index is 6.13. The Balaban J connectivity index is 2.23. The van der Waals surface area contributed by atoms with E-state index in [0.29, 0.717) is 0 Å². The van der Waals surface area contributed by atoms with E-state index in [2.05, 4.69) is 4.98 Å². The number of benzene rings is 1. The Morgan fingerprint density at radius 1 is 1.31 bits per heavy atom. The second-order valence-corrected chi connectivity index (χ2v) is 4.47. The van der Waals surface area contributed by atoms with Crippen molar-refractivity contribution in [1.82, 2.24) is 4.98 Å². The molecule has 3 nitrogen and oxygen atoms in total. The van der Waals surface area contributed by atoms with E-state index in [1.807, 2.05) is 36.6 Å². The number of aromatic nitrogens is 1. The molecule has 0 aliphatic rings. The summed E-state index contributed by atoms with van der Waals surface area (Å²) in [5.41, 5.74) is 8.20. The third kappa shape index (κ3) is 2.23. The predicted octanol–water partition coefficient (Wildman–Crippen LogP) is 2.51. The summed E-state index contributed by atoms with van der Waals surface area (Å²) in [5, 5.41) is 2.96. The summed E-state index contributed by atoms with van der Waals surface area (Å²) in [6.45, 7) is 1.97. The zero-order valence-electron chi connectivity index (χ0n) is 9.31. The van der Waals surface area contributed by atoms with Gasteiger partial charge in [-0.05, 0) is 24.6 Å². The van der Waals surface area contributed by atoms with E-state index in [9.17, 15) is 0 Å². The molecule has 0 spiro atoms. The number of methoxy groups -OCH3 is 1. The summed E-state index contributed by atoms with van der Waals surface area (Å²) in [6.07, 6.45) is 0. The van der Waals surface area contributed by atoms with Crippen LogP contribution in [0.5, 0.6) is 5.75 Å². The molecule has 1 unspecified atom stereocenters. The van der Waals surface area contributed by atoms with Gasteiger partial charge in [-0.1, -0.05) is 12.1 Å². The van der Waals surface area contributed by atoms with Crippen molar-refractivity contribution in [3.63, 3.8) is 0 Å². The fraction of sp³-hybridized carbons (Fsp3) is 0.250. The summed E-state index contributed by atoms with van der Waals surface area (Å²) in [5.74, 6) is 0.839. The molecular formula is C12H14N2OS. The number of nitrogens with zero attached hydrogens (tertiary/aromatic N) is 1. The topological polar surface area (TPSA) is 48.1 Å². The Morgan fingerprint density at radius 2 is 2.00 bits per heavy atom. The van der Waals surface area contributed by atoms with E-state index in [1.54, 1.807) is 18.4 Å². The molecule has 2 rings (SSSR count). The minimum Gasteiger partial charge on any atom is -0.497 e. The zero-order valence-corrected chi connectivity index (χ0v) is 10.1. The lowest BCUT2D eigenvalue weighted by molar-refractivity contribution is 0.414. The summed E-state index contributed by atoms with van der Waals surface area (Å²) in [6, 6.07) is 7.62. The van der Waals surface area contributed by atoms with Crippen molar-refractivity contribution in [2.75, 3.05) is 7.11 Å². The van der Waals surface area contributed by atoms with Crippen molar-refractivity contribution < 1.29 is 4.74 Å². The highest BCUT2D eigenvalue weighted by atomic mass is 32.1. The third-order valence-electron chi connectivity index (χ3n) is 2.38. The number of hydrogen-bond acceptors (Lipinski definition) is 4. The van der Waals surface area contributed by atoms with Gasteiger partial charge in [-0.25, -0.2) is 4.98 Å². The highest BCUT2D eigenvalue weighted by Gasteiger charge is 2.12. The van der Waals surface area contributed by atoms with Crippen LogP contribution >= 0.6 is 11.3 Å². The molecule has 0 aliphatic carbocycles. The van der Waals surface area contributed by atoms with Crippen LogP contribution in [0.3, 0.4) is 0 Å². The largest absolute Gasteiger partial charge is 0.497 e. The lowest BCUT2D eigenvalue weighted by atomic mass is 10.1. The van der Waals surface area contributed by atoms with Gasteiger partial charge in [0.15, 0.2) is 0 Å². The molecule has 1 atom stereocenters. The number of ether oxygens (including phenoxy) is 1. The van der Waals surface area contributed by atoms with Crippen LogP contribution in [0.25, 0.3) is 0 Å². The maximum absolute atomic E-state index is 6.13. The molecule has 4 heteroatoms. The lowest BCUT2D eigenvalue weighted by Gasteiger charge is -2.09. The SMILES string of the molecule is COc1ccc(C(N)c2nc(C)cs2)cc1. The normalized spacial score (nSPS) is 12.4. The molecule has 0 bridgehead atoms. The molecule has 1 aromatic carbocycles. The summed E-state index contributed by atoms with van der Waals surface area (Å²) >= 11 is 1.60. The van der Waals surface area contributed by atoms with Gasteiger partial charge in [0.2, 0.25) is 0 Å². The molecule has 0 aliphatic heterocycles. The average molecular weight is 234 g/mol. The van der Waals surface area contributed by atoms with Crippen LogP contribution < -0.4 is 10.5 Å². The number of hydrogen-bond donors (Lipinski definition) is 1. The average Bonchev–Trinajstić information content (AvgIpc) is 2.75. The molecule has 2 aromatic rings. The smallest absolute Gasteiger partial charge is 0.118 e. The first-order valence-corrected chi connectivity index (χ1v) is 5.90. The zero-order chi connectivity index (χ0) is 11.5. The van der Waals surface area contributed by atoms with Crippen LogP contribution in [0, 0.1) is 6.92 Å². The number of aryl methyl sites for hydroxylation is 1. The molecular weight excluding hydrogens is 220 g/mol. The minimum atomic E-state index is -0.149. The minimum absolute atomic E-state index is 0.149. The van der Waals surface area contributed by atoms with Crippen LogP contribution in [0.1, 0.15) is 22.3 Å². The first kappa shape index (κ1) is 11.1. The van der Waals surface area contributed by atoms with Gasteiger partial charge in [0.05, 0.1) is 13.2 Å². The monoisotopic (exact) mass is 234 g/mol. The Hall–Kier alpha value is -1.39. The Labute approximate surface area is 98.9 Å². The van der Waals surface area contributed by atoms with Crippen LogP contribution in [0.15, 0.2) is 29.6 Å². The first-order chi connectivity index (χ1) is 7.70. The van der Waals surface area contributed by atoms with Gasteiger partial charge in [-0.3, -0.25) is 0 Å². The van der Waals surface area contributed by atoms with Crippen LogP contribution in [-0.4, -0.2) is 12.1 Å². The van der Waals surface area contributed by atoms with Gasteiger partial charge in [0.25, 0.3) is 0 Å². The second-order valence-electron chi connectivity index (χ2n) is 3.58. The van der Waals surface area contributed by atoms with Gasteiger partial charge in [-0.2, -0.15) is 0 Å². The third-order valence-corrected chi connectivity index (χ3v) is 3.42. The van der Waals surface area contributed by atoms with Gasteiger partial charge in [0.1, 0.15) is 10.8 Å². The van der Waals surface area contributed by atoms with Crippen molar-refractivity contribution in [2.24, 2.45) is 5.73 Å². The summed E-state index contributed by atoms with van der Waals surface area (Å²) < 4.78 is 5.10. The predicted molar refractivity (Wildman–Crippen MR) is 65.9 cm³/mol. The molecule has 16 heavy (non-hydrogen) atoms. The maximum Gasteiger partial charge on any atom is 0.118 e. The van der Waals surface area contributed by atoms with E-state index >= 15 is 0 Å². The quantitative estimate of drug-likeness (QED) is 0.887. The van der Waals surface area contributed by atoms with Gasteiger partial charge in [0, 0.05) is 11.1 Å². The number of rotatable bonds is 3. The van der Waals surface area contributed by atoms with Gasteiger partial charge in [-0.15, -0.1) is 11.3 Å². The van der Waals surface area contributed by atoms with E-state index in [0.717, 1.165) is 22.0 Å². The first-order valence-electron chi connectivity index (χ1n) is 5.02. The molecule has 84 valence electrons. The highest BCUT2D eigenvalue weighted by Crippen LogP contribution is 2.24. The lowest BCUT2D eigenvalue weighted by Crippen LogP contribution is -2.11. The summed E-state index contributed by atoms with van der Waals surface area (Å²) in [7, 11) is 1.65. The number of thiazole rings is 1. The van der Waals surface area contributed by atoms with E-state index < -0.39 is 0 Å². The molecule has 0 amide bonds. The van der Waals surface area contributed by atoms with Crippen molar-refractivity contribution in [3.8, 4) is 5.75 Å². The fourth-order valence-electron chi connectivity index (χ4n) is 1.47. The Morgan fingerprint density at radius 3 is 2.50 bits per heavy atom. The molecule has 0 fully saturated rings. The van der Waals surface area contributed by atoms with Gasteiger partial charge < -0.3 is 10.5 Å². The summed E-state index contributed by atoms with van der Waals surface area (Å²) in [4.78, 5) is 4.39. The van der Waals surface area contributed by atoms with Crippen LogP contribution in [0.2, 0.25) is 0 Å². The molecule has 0 saturated carbocycles. The van der Waals surface area contributed by atoms with E-state index in [4.69, 9.17) is 10.5 Å². The van der Waals surface area contributed by atoms with Crippen molar-refractivity contribution in [2.45, 2.75) is 13.0 Å². The number of nitrogens with two attached hydrogens (primary N) is 1. The highest BCUT2D eigenvalue weighted by molar-refractivity contribution is 7.09. The molecule has 0 saturated heterocycles. The van der Waals surface area contributed by atoms with E-state index in [1.165, 1.54) is 0 Å². The second kappa shape index (κ2) is 4.63. The van der Waals surface area contributed by atoms with Crippen molar-refractivity contribution >= 4 is 11.3 Å². The standard InChI is InChI=1S/C12H14N2OS/c1-8-7-16-12(14-8)11(13)9-3-5-10(15-2)6-4-9/h3-7,11H,13H2,1-2H3. The van der Waals surface area contributed by atoms with E-state index in [-0.39, 0.29) is 6.04 Å². The molecule has 2 N–H and O–H groups in total. The fourth-order valence-corrected chi connectivity index (χ4v) is 2.29. The van der Waals surface area contributed by atoms with Crippen LogP contribution in [0.4, 0.5) is 0 Å². The Kier molecular flexibility index (Phi) is 3.22. The molecule has 1 aromatic heterocycles.